The maximum Gasteiger partial charge on any atom is 0.261 e. The van der Waals surface area contributed by atoms with Crippen molar-refractivity contribution in [2.24, 2.45) is 5.73 Å². The molecule has 1 aromatic heterocycles. The number of aromatic nitrogens is 1. The first-order chi connectivity index (χ1) is 15.4. The Balaban J connectivity index is 1.54. The summed E-state index contributed by atoms with van der Waals surface area (Å²) in [6, 6.07) is 20.7. The van der Waals surface area contributed by atoms with Gasteiger partial charge in [0.25, 0.3) is 15.9 Å². The molecule has 0 atom stereocenters. The van der Waals surface area contributed by atoms with E-state index in [0.717, 1.165) is 21.8 Å². The molecule has 0 fully saturated rings. The van der Waals surface area contributed by atoms with Crippen molar-refractivity contribution < 1.29 is 17.9 Å². The Labute approximate surface area is 189 Å². The molecule has 1 amide bonds. The average molecular weight is 466 g/mol. The summed E-state index contributed by atoms with van der Waals surface area (Å²) in [5.74, 6) is -0.569. The molecule has 0 aliphatic rings. The molecule has 0 saturated carbocycles. The highest BCUT2D eigenvalue weighted by Gasteiger charge is 2.19. The Bertz CT molecular complexity index is 1370. The van der Waals surface area contributed by atoms with Gasteiger partial charge in [-0.25, -0.2) is 13.4 Å². The van der Waals surface area contributed by atoms with Gasteiger partial charge in [-0.15, -0.1) is 11.3 Å². The zero-order valence-electron chi connectivity index (χ0n) is 17.0. The highest BCUT2D eigenvalue weighted by atomic mass is 32.2. The summed E-state index contributed by atoms with van der Waals surface area (Å²) in [5.41, 5.74) is 8.42. The van der Waals surface area contributed by atoms with E-state index in [9.17, 15) is 13.2 Å². The number of nitrogens with one attached hydrogen (secondary N) is 1. The van der Waals surface area contributed by atoms with Crippen molar-refractivity contribution in [1.29, 1.82) is 0 Å². The molecule has 7 nitrogen and oxygen atoms in total. The molecule has 0 unspecified atom stereocenters. The minimum atomic E-state index is -3.93. The lowest BCUT2D eigenvalue weighted by molar-refractivity contribution is 0.0997. The second kappa shape index (κ2) is 8.81. The van der Waals surface area contributed by atoms with Gasteiger partial charge in [0, 0.05) is 22.2 Å². The van der Waals surface area contributed by atoms with Crippen molar-refractivity contribution >= 4 is 33.0 Å². The monoisotopic (exact) mass is 465 g/mol. The molecule has 0 radical (unpaired) electrons. The minimum Gasteiger partial charge on any atom is -0.496 e. The maximum atomic E-state index is 12.8. The van der Waals surface area contributed by atoms with Gasteiger partial charge in [-0.2, -0.15) is 0 Å². The van der Waals surface area contributed by atoms with Crippen LogP contribution < -0.4 is 15.2 Å². The topological polar surface area (TPSA) is 111 Å². The minimum absolute atomic E-state index is 0.0107. The van der Waals surface area contributed by atoms with Gasteiger partial charge in [-0.05, 0) is 30.3 Å². The van der Waals surface area contributed by atoms with Gasteiger partial charge in [0.1, 0.15) is 10.8 Å². The summed E-state index contributed by atoms with van der Waals surface area (Å²) in [7, 11) is -2.55. The largest absolute Gasteiger partial charge is 0.496 e. The number of carbonyl (C=O) groups is 1. The summed E-state index contributed by atoms with van der Waals surface area (Å²) in [4.78, 5) is 16.2. The van der Waals surface area contributed by atoms with Crippen molar-refractivity contribution in [3.05, 3.63) is 83.7 Å². The van der Waals surface area contributed by atoms with Crippen LogP contribution in [0.15, 0.2) is 83.1 Å². The van der Waals surface area contributed by atoms with Gasteiger partial charge in [0.15, 0.2) is 0 Å². The number of benzene rings is 3. The SMILES string of the molecule is COc1ccc(S(=O)(=O)Nc2ccc(-c3csc(-c4ccccc4)n3)cc2)cc1C(N)=O. The fourth-order valence-corrected chi connectivity index (χ4v) is 5.01. The Morgan fingerprint density at radius 3 is 2.38 bits per heavy atom. The molecule has 4 rings (SSSR count). The van der Waals surface area contributed by atoms with Crippen LogP contribution in [0.4, 0.5) is 5.69 Å². The zero-order chi connectivity index (χ0) is 22.7. The molecule has 1 heterocycles. The molecule has 4 aromatic rings. The molecular formula is C23H19N3O4S2. The predicted octanol–water partition coefficient (Wildman–Crippen LogP) is 4.39. The number of rotatable bonds is 7. The number of thiazole rings is 1. The molecule has 162 valence electrons. The Morgan fingerprint density at radius 1 is 1.00 bits per heavy atom. The number of anilines is 1. The first-order valence-electron chi connectivity index (χ1n) is 9.49. The smallest absolute Gasteiger partial charge is 0.261 e. The van der Waals surface area contributed by atoms with Crippen LogP contribution in [-0.4, -0.2) is 26.4 Å². The van der Waals surface area contributed by atoms with Crippen LogP contribution in [0.2, 0.25) is 0 Å². The van der Waals surface area contributed by atoms with E-state index in [2.05, 4.69) is 9.71 Å². The molecule has 9 heteroatoms. The van der Waals surface area contributed by atoms with Gasteiger partial charge < -0.3 is 10.5 Å². The number of hydrogen-bond donors (Lipinski definition) is 2. The standard InChI is InChI=1S/C23H19N3O4S2/c1-30-21-12-11-18(13-19(21)22(24)27)32(28,29)26-17-9-7-15(8-10-17)20-14-31-23(25-20)16-5-3-2-4-6-16/h2-14,26H,1H3,(H2,24,27). The number of ether oxygens (including phenoxy) is 1. The summed E-state index contributed by atoms with van der Waals surface area (Å²) < 4.78 is 33.1. The molecule has 0 spiro atoms. The van der Waals surface area contributed by atoms with Crippen molar-refractivity contribution in [3.63, 3.8) is 0 Å². The third kappa shape index (κ3) is 4.48. The Kier molecular flexibility index (Phi) is 5.93. The van der Waals surface area contributed by atoms with E-state index in [4.69, 9.17) is 10.5 Å². The van der Waals surface area contributed by atoms with Gasteiger partial charge in [-0.3, -0.25) is 9.52 Å². The third-order valence-corrected chi connectivity index (χ3v) is 6.97. The Morgan fingerprint density at radius 2 is 1.72 bits per heavy atom. The summed E-state index contributed by atoms with van der Waals surface area (Å²) in [6.07, 6.45) is 0. The molecule has 0 saturated heterocycles. The fourth-order valence-electron chi connectivity index (χ4n) is 3.09. The van der Waals surface area contributed by atoms with Crippen LogP contribution in [0.5, 0.6) is 5.75 Å². The zero-order valence-corrected chi connectivity index (χ0v) is 18.6. The lowest BCUT2D eigenvalue weighted by Gasteiger charge is -2.11. The summed E-state index contributed by atoms with van der Waals surface area (Å²) in [5, 5.41) is 2.87. The van der Waals surface area contributed by atoms with Crippen LogP contribution >= 0.6 is 11.3 Å². The van der Waals surface area contributed by atoms with Crippen LogP contribution in [0.25, 0.3) is 21.8 Å². The van der Waals surface area contributed by atoms with Crippen LogP contribution in [0.1, 0.15) is 10.4 Å². The lowest BCUT2D eigenvalue weighted by atomic mass is 10.1. The number of nitrogens with zero attached hydrogens (tertiary/aromatic N) is 1. The van der Waals surface area contributed by atoms with Crippen molar-refractivity contribution in [2.75, 3.05) is 11.8 Å². The molecular weight excluding hydrogens is 446 g/mol. The summed E-state index contributed by atoms with van der Waals surface area (Å²) in [6.45, 7) is 0. The highest BCUT2D eigenvalue weighted by Crippen LogP contribution is 2.30. The van der Waals surface area contributed by atoms with Crippen LogP contribution in [-0.2, 0) is 10.0 Å². The van der Waals surface area contributed by atoms with Crippen LogP contribution in [0, 0.1) is 0 Å². The van der Waals surface area contributed by atoms with E-state index in [-0.39, 0.29) is 16.2 Å². The van der Waals surface area contributed by atoms with Crippen molar-refractivity contribution in [3.8, 4) is 27.6 Å². The first-order valence-corrected chi connectivity index (χ1v) is 11.9. The fraction of sp³-hybridized carbons (Fsp3) is 0.0435. The first kappa shape index (κ1) is 21.5. The number of amides is 1. The lowest BCUT2D eigenvalue weighted by Crippen LogP contribution is -2.16. The number of carbonyl (C=O) groups excluding carboxylic acids is 1. The molecule has 0 bridgehead atoms. The average Bonchev–Trinajstić information content (AvgIpc) is 3.30. The predicted molar refractivity (Wildman–Crippen MR) is 125 cm³/mol. The number of primary amides is 1. The Hall–Kier alpha value is -3.69. The maximum absolute atomic E-state index is 12.8. The van der Waals surface area contributed by atoms with Gasteiger partial charge in [0.05, 0.1) is 23.3 Å². The molecule has 3 N–H and O–H groups in total. The molecule has 3 aromatic carbocycles. The van der Waals surface area contributed by atoms with E-state index < -0.39 is 15.9 Å². The van der Waals surface area contributed by atoms with Gasteiger partial charge in [0.2, 0.25) is 0 Å². The van der Waals surface area contributed by atoms with Gasteiger partial charge in [-0.1, -0.05) is 42.5 Å². The van der Waals surface area contributed by atoms with Crippen LogP contribution in [0.3, 0.4) is 0 Å². The second-order valence-corrected chi connectivity index (χ2v) is 9.35. The number of sulfonamides is 1. The molecule has 32 heavy (non-hydrogen) atoms. The number of nitrogens with two attached hydrogens (primary N) is 1. The molecule has 0 aliphatic carbocycles. The van der Waals surface area contributed by atoms with Gasteiger partial charge >= 0.3 is 0 Å². The van der Waals surface area contributed by atoms with E-state index in [1.54, 1.807) is 35.6 Å². The van der Waals surface area contributed by atoms with Crippen molar-refractivity contribution in [2.45, 2.75) is 4.90 Å². The number of hydrogen-bond acceptors (Lipinski definition) is 6. The van der Waals surface area contributed by atoms with E-state index >= 15 is 0 Å². The van der Waals surface area contributed by atoms with E-state index in [1.807, 2.05) is 35.7 Å². The summed E-state index contributed by atoms with van der Waals surface area (Å²) >= 11 is 1.54. The van der Waals surface area contributed by atoms with E-state index in [0.29, 0.717) is 5.69 Å². The quantitative estimate of drug-likeness (QED) is 0.421. The normalized spacial score (nSPS) is 11.2. The third-order valence-electron chi connectivity index (χ3n) is 4.70. The highest BCUT2D eigenvalue weighted by molar-refractivity contribution is 7.92. The number of methoxy groups -OCH3 is 1. The second-order valence-electron chi connectivity index (χ2n) is 6.81. The van der Waals surface area contributed by atoms with E-state index in [1.165, 1.54) is 25.3 Å². The van der Waals surface area contributed by atoms with Crippen molar-refractivity contribution in [1.82, 2.24) is 4.98 Å². The molecule has 0 aliphatic heterocycles.